The Kier molecular flexibility index (Phi) is 7.77. The number of nitrogens with one attached hydrogen (secondary N) is 1. The predicted molar refractivity (Wildman–Crippen MR) is 97.4 cm³/mol. The maximum absolute atomic E-state index is 12.9. The highest BCUT2D eigenvalue weighted by Crippen LogP contribution is 2.31. The topological polar surface area (TPSA) is 52.7 Å². The smallest absolute Gasteiger partial charge is 0.282 e. The molecule has 0 amide bonds. The first-order chi connectivity index (χ1) is 10.3. The summed E-state index contributed by atoms with van der Waals surface area (Å²) in [5, 5.41) is 3.86. The molecule has 132 valence electrons. The number of halogens is 2. The lowest BCUT2D eigenvalue weighted by Gasteiger charge is -2.38. The lowest BCUT2D eigenvalue weighted by Crippen LogP contribution is -2.53. The monoisotopic (exact) mass is 381 g/mol. The van der Waals surface area contributed by atoms with Gasteiger partial charge in [-0.05, 0) is 17.5 Å². The van der Waals surface area contributed by atoms with E-state index in [1.807, 2.05) is 32.0 Å². The summed E-state index contributed by atoms with van der Waals surface area (Å²) < 4.78 is 28.8. The summed E-state index contributed by atoms with van der Waals surface area (Å²) in [5.41, 5.74) is 0.845. The fourth-order valence-electron chi connectivity index (χ4n) is 2.76. The normalized spacial score (nSPS) is 19.8. The Morgan fingerprint density at radius 3 is 2.65 bits per heavy atom. The van der Waals surface area contributed by atoms with Gasteiger partial charge in [-0.25, -0.2) is 0 Å². The van der Waals surface area contributed by atoms with Crippen LogP contribution in [0.4, 0.5) is 0 Å². The Balaban J connectivity index is 0.00000264. The fraction of sp³-hybridized carbons (Fsp3) is 0.600. The van der Waals surface area contributed by atoms with Crippen molar-refractivity contribution in [2.45, 2.75) is 19.9 Å². The maximum Gasteiger partial charge on any atom is 0.282 e. The van der Waals surface area contributed by atoms with Crippen LogP contribution < -0.4 is 5.32 Å². The van der Waals surface area contributed by atoms with Gasteiger partial charge in [0.1, 0.15) is 0 Å². The quantitative estimate of drug-likeness (QED) is 0.852. The Hall–Kier alpha value is -0.370. The van der Waals surface area contributed by atoms with E-state index in [4.69, 9.17) is 11.6 Å². The highest BCUT2D eigenvalue weighted by atomic mass is 35.5. The van der Waals surface area contributed by atoms with E-state index in [1.54, 1.807) is 17.4 Å². The number of hydrogen-bond donors (Lipinski definition) is 1. The molecule has 1 unspecified atom stereocenters. The molecule has 1 aromatic carbocycles. The second-order valence-corrected chi connectivity index (χ2v) is 8.43. The van der Waals surface area contributed by atoms with Crippen LogP contribution in [-0.4, -0.2) is 50.3 Å². The van der Waals surface area contributed by atoms with Crippen molar-refractivity contribution in [3.8, 4) is 0 Å². The van der Waals surface area contributed by atoms with Crippen LogP contribution in [0.5, 0.6) is 0 Å². The zero-order valence-corrected chi connectivity index (χ0v) is 16.1. The molecule has 1 N–H and O–H groups in total. The Labute approximate surface area is 150 Å². The van der Waals surface area contributed by atoms with Crippen molar-refractivity contribution in [2.75, 3.05) is 33.2 Å². The average molecular weight is 382 g/mol. The second-order valence-electron chi connectivity index (χ2n) is 6.03. The van der Waals surface area contributed by atoms with E-state index in [0.717, 1.165) is 5.56 Å². The third kappa shape index (κ3) is 4.81. The van der Waals surface area contributed by atoms with E-state index >= 15 is 0 Å². The van der Waals surface area contributed by atoms with Crippen molar-refractivity contribution in [3.63, 3.8) is 0 Å². The average Bonchev–Trinajstić information content (AvgIpc) is 2.47. The molecule has 8 heteroatoms. The highest BCUT2D eigenvalue weighted by Gasteiger charge is 2.36. The highest BCUT2D eigenvalue weighted by molar-refractivity contribution is 7.86. The Bertz CT molecular complexity index is 610. The third-order valence-electron chi connectivity index (χ3n) is 3.77. The predicted octanol–water partition coefficient (Wildman–Crippen LogP) is 2.54. The first kappa shape index (κ1) is 20.7. The number of piperazine rings is 1. The lowest BCUT2D eigenvalue weighted by atomic mass is 10.1. The zero-order chi connectivity index (χ0) is 16.3. The van der Waals surface area contributed by atoms with Gasteiger partial charge in [0.05, 0.1) is 6.04 Å². The van der Waals surface area contributed by atoms with E-state index in [1.165, 1.54) is 4.31 Å². The second kappa shape index (κ2) is 8.65. The molecule has 0 aliphatic carbocycles. The van der Waals surface area contributed by atoms with Gasteiger partial charge < -0.3 is 5.32 Å². The van der Waals surface area contributed by atoms with Crippen LogP contribution >= 0.6 is 24.0 Å². The summed E-state index contributed by atoms with van der Waals surface area (Å²) in [6, 6.07) is 7.16. The van der Waals surface area contributed by atoms with Crippen molar-refractivity contribution in [1.29, 1.82) is 0 Å². The molecule has 0 spiro atoms. The molecule has 23 heavy (non-hydrogen) atoms. The van der Waals surface area contributed by atoms with Crippen LogP contribution in [0.15, 0.2) is 24.3 Å². The van der Waals surface area contributed by atoms with Crippen molar-refractivity contribution in [2.24, 2.45) is 5.92 Å². The van der Waals surface area contributed by atoms with Gasteiger partial charge in [-0.2, -0.15) is 17.0 Å². The first-order valence-corrected chi connectivity index (χ1v) is 9.29. The lowest BCUT2D eigenvalue weighted by molar-refractivity contribution is 0.249. The van der Waals surface area contributed by atoms with Gasteiger partial charge in [0, 0.05) is 38.2 Å². The third-order valence-corrected chi connectivity index (χ3v) is 6.08. The van der Waals surface area contributed by atoms with Crippen LogP contribution in [0.2, 0.25) is 5.02 Å². The van der Waals surface area contributed by atoms with Crippen molar-refractivity contribution >= 4 is 34.2 Å². The van der Waals surface area contributed by atoms with Gasteiger partial charge in [0.25, 0.3) is 10.2 Å². The minimum Gasteiger partial charge on any atom is -0.313 e. The van der Waals surface area contributed by atoms with Crippen LogP contribution in [0.3, 0.4) is 0 Å². The minimum absolute atomic E-state index is 0. The molecule has 0 saturated carbocycles. The summed E-state index contributed by atoms with van der Waals surface area (Å²) in [7, 11) is -1.86. The van der Waals surface area contributed by atoms with Crippen molar-refractivity contribution < 1.29 is 8.42 Å². The van der Waals surface area contributed by atoms with Gasteiger partial charge >= 0.3 is 0 Å². The molecule has 5 nitrogen and oxygen atoms in total. The molecule has 0 radical (unpaired) electrons. The molecular formula is C15H25Cl2N3O2S. The molecular weight excluding hydrogens is 357 g/mol. The molecule has 1 aromatic rings. The largest absolute Gasteiger partial charge is 0.313 e. The van der Waals surface area contributed by atoms with Crippen LogP contribution in [-0.2, 0) is 10.2 Å². The molecule has 1 heterocycles. The van der Waals surface area contributed by atoms with E-state index in [-0.39, 0.29) is 24.4 Å². The Morgan fingerprint density at radius 2 is 2.04 bits per heavy atom. The van der Waals surface area contributed by atoms with Gasteiger partial charge in [0.15, 0.2) is 0 Å². The van der Waals surface area contributed by atoms with E-state index in [9.17, 15) is 8.42 Å². The molecule has 0 bridgehead atoms. The summed E-state index contributed by atoms with van der Waals surface area (Å²) in [6.07, 6.45) is 0. The van der Waals surface area contributed by atoms with E-state index < -0.39 is 10.2 Å². The number of rotatable bonds is 5. The molecule has 1 fully saturated rings. The van der Waals surface area contributed by atoms with E-state index in [0.29, 0.717) is 31.2 Å². The van der Waals surface area contributed by atoms with Gasteiger partial charge in [0.2, 0.25) is 0 Å². The van der Waals surface area contributed by atoms with E-state index in [2.05, 4.69) is 5.32 Å². The summed E-state index contributed by atoms with van der Waals surface area (Å²) in [4.78, 5) is 0. The molecule has 0 aromatic heterocycles. The first-order valence-electron chi connectivity index (χ1n) is 7.52. The minimum atomic E-state index is -3.50. The fourth-order valence-corrected chi connectivity index (χ4v) is 4.70. The van der Waals surface area contributed by atoms with Gasteiger partial charge in [-0.1, -0.05) is 43.6 Å². The van der Waals surface area contributed by atoms with Crippen molar-refractivity contribution in [1.82, 2.24) is 13.9 Å². The Morgan fingerprint density at radius 1 is 1.39 bits per heavy atom. The van der Waals surface area contributed by atoms with Gasteiger partial charge in [-0.3, -0.25) is 0 Å². The van der Waals surface area contributed by atoms with Crippen LogP contribution in [0.1, 0.15) is 25.5 Å². The summed E-state index contributed by atoms with van der Waals surface area (Å²) in [5.74, 6) is 0.279. The van der Waals surface area contributed by atoms with Crippen molar-refractivity contribution in [3.05, 3.63) is 34.9 Å². The van der Waals surface area contributed by atoms with Crippen LogP contribution in [0, 0.1) is 5.92 Å². The number of nitrogens with zero attached hydrogens (tertiary/aromatic N) is 2. The SMILES string of the molecule is CC(C)CN(C)S(=O)(=O)N1CCNCC1c1ccccc1Cl.Cl. The number of benzene rings is 1. The molecule has 1 saturated heterocycles. The van der Waals surface area contributed by atoms with Crippen LogP contribution in [0.25, 0.3) is 0 Å². The summed E-state index contributed by atoms with van der Waals surface area (Å²) in [6.45, 7) is 6.18. The molecule has 1 aliphatic heterocycles. The maximum atomic E-state index is 12.9. The molecule has 2 rings (SSSR count). The number of hydrogen-bond acceptors (Lipinski definition) is 3. The molecule has 1 atom stereocenters. The summed E-state index contributed by atoms with van der Waals surface area (Å²) >= 11 is 6.27. The zero-order valence-electron chi connectivity index (χ0n) is 13.7. The standard InChI is InChI=1S/C15H24ClN3O2S.ClH/c1-12(2)11-18(3)22(20,21)19-9-8-17-10-15(19)13-6-4-5-7-14(13)16;/h4-7,12,15,17H,8-11H2,1-3H3;1H. The molecule has 1 aliphatic rings. The van der Waals surface area contributed by atoms with Gasteiger partial charge in [-0.15, -0.1) is 12.4 Å².